The van der Waals surface area contributed by atoms with Crippen LogP contribution in [0.4, 0.5) is 0 Å². The van der Waals surface area contributed by atoms with Crippen LogP contribution >= 0.6 is 0 Å². The molecule has 1 unspecified atom stereocenters. The number of rotatable bonds is 6. The maximum atomic E-state index is 8.94. The molecule has 1 aliphatic heterocycles. The van der Waals surface area contributed by atoms with Crippen molar-refractivity contribution in [1.82, 2.24) is 10.2 Å². The lowest BCUT2D eigenvalue weighted by Gasteiger charge is -2.40. The van der Waals surface area contributed by atoms with E-state index in [1.165, 1.54) is 25.9 Å². The minimum atomic E-state index is 0.165. The summed E-state index contributed by atoms with van der Waals surface area (Å²) in [7, 11) is 2.21. The molecule has 0 radical (unpaired) electrons. The molecular formula is C15H29N3. The van der Waals surface area contributed by atoms with Crippen molar-refractivity contribution in [2.24, 2.45) is 17.3 Å². The van der Waals surface area contributed by atoms with E-state index in [4.69, 9.17) is 5.26 Å². The zero-order valence-electron chi connectivity index (χ0n) is 12.5. The van der Waals surface area contributed by atoms with Crippen LogP contribution in [-0.4, -0.2) is 38.1 Å². The summed E-state index contributed by atoms with van der Waals surface area (Å²) in [5, 5.41) is 12.4. The molecule has 1 aliphatic rings. The smallest absolute Gasteiger partial charge is 0.0669 e. The Hall–Kier alpha value is -0.590. The van der Waals surface area contributed by atoms with Crippen molar-refractivity contribution in [1.29, 1.82) is 5.26 Å². The van der Waals surface area contributed by atoms with E-state index in [-0.39, 0.29) is 5.92 Å². The van der Waals surface area contributed by atoms with Crippen molar-refractivity contribution in [3.8, 4) is 6.07 Å². The molecule has 0 saturated carbocycles. The number of likely N-dealkylation sites (tertiary alicyclic amines) is 1. The van der Waals surface area contributed by atoms with E-state index in [1.807, 2.05) is 0 Å². The maximum Gasteiger partial charge on any atom is 0.0669 e. The van der Waals surface area contributed by atoms with Gasteiger partial charge in [-0.2, -0.15) is 5.26 Å². The Labute approximate surface area is 113 Å². The van der Waals surface area contributed by atoms with Gasteiger partial charge in [-0.3, -0.25) is 0 Å². The van der Waals surface area contributed by atoms with Crippen molar-refractivity contribution in [3.63, 3.8) is 0 Å². The lowest BCUT2D eigenvalue weighted by Crippen LogP contribution is -2.42. The van der Waals surface area contributed by atoms with Crippen LogP contribution in [0.2, 0.25) is 0 Å². The molecule has 104 valence electrons. The Morgan fingerprint density at radius 2 is 2.00 bits per heavy atom. The van der Waals surface area contributed by atoms with Crippen LogP contribution in [0.15, 0.2) is 0 Å². The Morgan fingerprint density at radius 1 is 1.39 bits per heavy atom. The average Bonchev–Trinajstić information content (AvgIpc) is 2.35. The van der Waals surface area contributed by atoms with Gasteiger partial charge in [-0.1, -0.05) is 20.8 Å². The molecule has 1 saturated heterocycles. The van der Waals surface area contributed by atoms with Crippen molar-refractivity contribution in [3.05, 3.63) is 0 Å². The first kappa shape index (κ1) is 15.5. The summed E-state index contributed by atoms with van der Waals surface area (Å²) in [5.74, 6) is 0.974. The van der Waals surface area contributed by atoms with Gasteiger partial charge in [-0.25, -0.2) is 0 Å². The summed E-state index contributed by atoms with van der Waals surface area (Å²) in [5.41, 5.74) is 0.342. The molecule has 3 heteroatoms. The zero-order chi connectivity index (χ0) is 13.6. The molecule has 3 nitrogen and oxygen atoms in total. The SMILES string of the molecule is CCC(C#N)CNCC(C)(C)C1CCN(C)CC1. The van der Waals surface area contributed by atoms with Crippen molar-refractivity contribution < 1.29 is 0 Å². The Bertz CT molecular complexity index is 272. The second kappa shape index (κ2) is 7.11. The monoisotopic (exact) mass is 251 g/mol. The highest BCUT2D eigenvalue weighted by molar-refractivity contribution is 4.87. The Morgan fingerprint density at radius 3 is 2.50 bits per heavy atom. The van der Waals surface area contributed by atoms with Crippen LogP contribution in [-0.2, 0) is 0 Å². The van der Waals surface area contributed by atoms with E-state index in [0.29, 0.717) is 5.41 Å². The van der Waals surface area contributed by atoms with E-state index in [2.05, 4.69) is 44.1 Å². The molecule has 1 heterocycles. The fourth-order valence-electron chi connectivity index (χ4n) is 2.78. The molecule has 0 amide bonds. The summed E-state index contributed by atoms with van der Waals surface area (Å²) in [6, 6.07) is 2.35. The van der Waals surface area contributed by atoms with Gasteiger partial charge >= 0.3 is 0 Å². The first-order valence-electron chi connectivity index (χ1n) is 7.28. The maximum absolute atomic E-state index is 8.94. The van der Waals surface area contributed by atoms with E-state index >= 15 is 0 Å². The first-order chi connectivity index (χ1) is 8.49. The van der Waals surface area contributed by atoms with Gasteiger partial charge in [0.2, 0.25) is 0 Å². The molecule has 0 bridgehead atoms. The highest BCUT2D eigenvalue weighted by Crippen LogP contribution is 2.34. The first-order valence-corrected chi connectivity index (χ1v) is 7.28. The van der Waals surface area contributed by atoms with E-state index in [9.17, 15) is 0 Å². The molecule has 0 spiro atoms. The third-order valence-electron chi connectivity index (χ3n) is 4.47. The van der Waals surface area contributed by atoms with Gasteiger partial charge in [0.05, 0.1) is 12.0 Å². The quantitative estimate of drug-likeness (QED) is 0.788. The minimum Gasteiger partial charge on any atom is -0.315 e. The minimum absolute atomic E-state index is 0.165. The summed E-state index contributed by atoms with van der Waals surface area (Å²) in [6.07, 6.45) is 3.55. The second-order valence-corrected chi connectivity index (χ2v) is 6.43. The van der Waals surface area contributed by atoms with E-state index < -0.39 is 0 Å². The zero-order valence-corrected chi connectivity index (χ0v) is 12.5. The van der Waals surface area contributed by atoms with Crippen LogP contribution in [0.1, 0.15) is 40.0 Å². The summed E-state index contributed by atoms with van der Waals surface area (Å²) in [6.45, 7) is 11.1. The van der Waals surface area contributed by atoms with Gasteiger partial charge in [-0.15, -0.1) is 0 Å². The normalized spacial score (nSPS) is 20.6. The molecule has 1 rings (SSSR count). The number of nitrogens with zero attached hydrogens (tertiary/aromatic N) is 2. The molecule has 1 N–H and O–H groups in total. The fourth-order valence-corrected chi connectivity index (χ4v) is 2.78. The lowest BCUT2D eigenvalue weighted by atomic mass is 9.73. The Kier molecular flexibility index (Phi) is 6.11. The van der Waals surface area contributed by atoms with Crippen LogP contribution in [0, 0.1) is 28.6 Å². The van der Waals surface area contributed by atoms with Crippen molar-refractivity contribution >= 4 is 0 Å². The highest BCUT2D eigenvalue weighted by Gasteiger charge is 2.31. The van der Waals surface area contributed by atoms with Gasteiger partial charge in [0.25, 0.3) is 0 Å². The summed E-state index contributed by atoms with van der Waals surface area (Å²) in [4.78, 5) is 2.42. The average molecular weight is 251 g/mol. The number of nitriles is 1. The number of piperidine rings is 1. The van der Waals surface area contributed by atoms with Crippen LogP contribution in [0.3, 0.4) is 0 Å². The van der Waals surface area contributed by atoms with Crippen LogP contribution < -0.4 is 5.32 Å². The standard InChI is InChI=1S/C15H29N3/c1-5-13(10-16)11-17-12-15(2,3)14-6-8-18(4)9-7-14/h13-14,17H,5-9,11-12H2,1-4H3. The molecule has 18 heavy (non-hydrogen) atoms. The number of hydrogen-bond acceptors (Lipinski definition) is 3. The molecule has 1 atom stereocenters. The van der Waals surface area contributed by atoms with E-state index in [1.54, 1.807) is 0 Å². The molecule has 0 aromatic rings. The number of hydrogen-bond donors (Lipinski definition) is 1. The second-order valence-electron chi connectivity index (χ2n) is 6.43. The predicted molar refractivity (Wildman–Crippen MR) is 76.3 cm³/mol. The molecule has 0 aromatic carbocycles. The van der Waals surface area contributed by atoms with Gasteiger partial charge < -0.3 is 10.2 Å². The molecular weight excluding hydrogens is 222 g/mol. The van der Waals surface area contributed by atoms with Crippen LogP contribution in [0.5, 0.6) is 0 Å². The Balaban J connectivity index is 2.33. The summed E-state index contributed by atoms with van der Waals surface area (Å²) < 4.78 is 0. The highest BCUT2D eigenvalue weighted by atomic mass is 15.1. The third-order valence-corrected chi connectivity index (χ3v) is 4.47. The van der Waals surface area contributed by atoms with Gasteiger partial charge in [-0.05, 0) is 50.7 Å². The molecule has 1 fully saturated rings. The third kappa shape index (κ3) is 4.59. The molecule has 0 aliphatic carbocycles. The molecule has 0 aromatic heterocycles. The van der Waals surface area contributed by atoms with E-state index in [0.717, 1.165) is 25.4 Å². The van der Waals surface area contributed by atoms with Crippen molar-refractivity contribution in [2.45, 2.75) is 40.0 Å². The topological polar surface area (TPSA) is 39.1 Å². The van der Waals surface area contributed by atoms with Gasteiger partial charge in [0.15, 0.2) is 0 Å². The van der Waals surface area contributed by atoms with Gasteiger partial charge in [0, 0.05) is 13.1 Å². The van der Waals surface area contributed by atoms with Crippen LogP contribution in [0.25, 0.3) is 0 Å². The number of nitrogens with one attached hydrogen (secondary N) is 1. The van der Waals surface area contributed by atoms with Gasteiger partial charge in [0.1, 0.15) is 0 Å². The predicted octanol–water partition coefficient (Wildman–Crippen LogP) is 2.49. The fraction of sp³-hybridized carbons (Fsp3) is 0.933. The largest absolute Gasteiger partial charge is 0.315 e. The van der Waals surface area contributed by atoms with Crippen molar-refractivity contribution in [2.75, 3.05) is 33.2 Å². The lowest BCUT2D eigenvalue weighted by molar-refractivity contribution is 0.112. The summed E-state index contributed by atoms with van der Waals surface area (Å²) >= 11 is 0.